The van der Waals surface area contributed by atoms with E-state index in [1.54, 1.807) is 9.47 Å². The monoisotopic (exact) mass is 570 g/mol. The minimum atomic E-state index is -0.698. The number of pyridine rings is 1. The van der Waals surface area contributed by atoms with Gasteiger partial charge in [-0.3, -0.25) is 4.79 Å². The molecule has 0 radical (unpaired) electrons. The zero-order valence-electron chi connectivity index (χ0n) is 23.4. The molecule has 1 aromatic carbocycles. The Balaban J connectivity index is 1.29. The van der Waals surface area contributed by atoms with Gasteiger partial charge in [0.2, 0.25) is 5.95 Å². The summed E-state index contributed by atoms with van der Waals surface area (Å²) in [7, 11) is 1.96. The first-order valence-corrected chi connectivity index (χ1v) is 14.3. The minimum Gasteiger partial charge on any atom is -0.337 e. The van der Waals surface area contributed by atoms with E-state index in [1.165, 1.54) is 25.4 Å². The van der Waals surface area contributed by atoms with E-state index in [9.17, 15) is 13.6 Å². The number of para-hydroxylation sites is 1. The first-order chi connectivity index (χ1) is 20.4. The summed E-state index contributed by atoms with van der Waals surface area (Å²) in [6.07, 6.45) is 9.92. The van der Waals surface area contributed by atoms with E-state index in [4.69, 9.17) is 15.7 Å². The predicted molar refractivity (Wildman–Crippen MR) is 157 cm³/mol. The number of carbonyl (C=O) groups is 1. The number of rotatable bonds is 9. The van der Waals surface area contributed by atoms with Gasteiger partial charge in [-0.1, -0.05) is 30.4 Å². The zero-order chi connectivity index (χ0) is 29.0. The Bertz CT molecular complexity index is 1850. The lowest BCUT2D eigenvalue weighted by molar-refractivity contribution is 0.0723. The van der Waals surface area contributed by atoms with Crippen molar-refractivity contribution in [2.75, 3.05) is 19.8 Å². The lowest BCUT2D eigenvalue weighted by atomic mass is 10.0. The summed E-state index contributed by atoms with van der Waals surface area (Å²) in [6.45, 7) is 1.36. The van der Waals surface area contributed by atoms with Gasteiger partial charge in [-0.15, -0.1) is 0 Å². The number of hydrogen-bond acceptors (Lipinski definition) is 5. The van der Waals surface area contributed by atoms with E-state index in [-0.39, 0.29) is 12.5 Å². The third kappa shape index (κ3) is 4.77. The number of imidazole rings is 2. The fourth-order valence-electron chi connectivity index (χ4n) is 5.93. The van der Waals surface area contributed by atoms with Crippen molar-refractivity contribution in [1.29, 1.82) is 0 Å². The van der Waals surface area contributed by atoms with Crippen molar-refractivity contribution in [2.45, 2.75) is 38.4 Å². The number of alkyl halides is 1. The largest absolute Gasteiger partial charge is 0.337 e. The van der Waals surface area contributed by atoms with Crippen LogP contribution in [0, 0.1) is 11.9 Å². The molecule has 1 atom stereocenters. The Labute approximate surface area is 241 Å². The van der Waals surface area contributed by atoms with Crippen molar-refractivity contribution in [3.05, 3.63) is 71.7 Å². The molecule has 1 aliphatic carbocycles. The van der Waals surface area contributed by atoms with E-state index in [0.717, 1.165) is 45.9 Å². The van der Waals surface area contributed by atoms with E-state index in [0.29, 0.717) is 36.5 Å². The van der Waals surface area contributed by atoms with Crippen LogP contribution in [0.4, 0.5) is 8.78 Å². The van der Waals surface area contributed by atoms with Crippen LogP contribution in [0.1, 0.15) is 34.5 Å². The van der Waals surface area contributed by atoms with Gasteiger partial charge in [-0.05, 0) is 36.5 Å². The van der Waals surface area contributed by atoms with Crippen molar-refractivity contribution < 1.29 is 13.6 Å². The Hall–Kier alpha value is -4.38. The van der Waals surface area contributed by atoms with Crippen molar-refractivity contribution >= 4 is 34.1 Å². The molecule has 0 spiro atoms. The summed E-state index contributed by atoms with van der Waals surface area (Å²) < 4.78 is 32.4. The molecule has 2 aliphatic rings. The summed E-state index contributed by atoms with van der Waals surface area (Å²) in [4.78, 5) is 28.4. The highest BCUT2D eigenvalue weighted by molar-refractivity contribution is 5.99. The van der Waals surface area contributed by atoms with Crippen LogP contribution in [-0.4, -0.2) is 65.3 Å². The van der Waals surface area contributed by atoms with Crippen LogP contribution in [0.3, 0.4) is 0 Å². The maximum atomic E-state index is 13.3. The third-order valence-corrected chi connectivity index (χ3v) is 8.25. The molecule has 0 bridgehead atoms. The van der Waals surface area contributed by atoms with Crippen LogP contribution in [0.5, 0.6) is 0 Å². The normalized spacial score (nSPS) is 16.3. The number of aryl methyl sites for hydroxylation is 1. The topological polar surface area (TPSA) is 99.8 Å². The number of nitrogens with zero attached hydrogens (tertiary/aromatic N) is 7. The average Bonchev–Trinajstić information content (AvgIpc) is 3.47. The molecule has 1 saturated carbocycles. The number of allylic oxidation sites excluding steroid dienone is 1. The second kappa shape index (κ2) is 10.5. The fraction of sp³-hybridized carbons (Fsp3) is 0.355. The van der Waals surface area contributed by atoms with E-state index >= 15 is 0 Å². The molecule has 42 heavy (non-hydrogen) atoms. The molecule has 11 heteroatoms. The summed E-state index contributed by atoms with van der Waals surface area (Å²) in [5.74, 6) is 0.724. The van der Waals surface area contributed by atoms with E-state index in [2.05, 4.69) is 33.8 Å². The standard InChI is InChI=1S/C31H32F2N8O/c1-38-29-25(13-23-24(36-29)9-11-40(31(23)42)16-22(34)14-32)37-30(38)26-12-21-5-2-4-20(28(21)41(26)15-19-7-8-19)6-3-10-39-17-27(33)35-18-39/h2-6,12-13,17-19,22H,7-11,14-16,34H2,1H3/b6-3+. The maximum Gasteiger partial charge on any atom is 0.255 e. The van der Waals surface area contributed by atoms with Crippen LogP contribution in [0.25, 0.3) is 39.7 Å². The van der Waals surface area contributed by atoms with Crippen LogP contribution in [0.2, 0.25) is 0 Å². The summed E-state index contributed by atoms with van der Waals surface area (Å²) in [5.41, 5.74) is 11.6. The molecular weight excluding hydrogens is 538 g/mol. The Morgan fingerprint density at radius 2 is 2.07 bits per heavy atom. The summed E-state index contributed by atoms with van der Waals surface area (Å²) in [5, 5.41) is 1.11. The molecule has 1 aliphatic heterocycles. The van der Waals surface area contributed by atoms with E-state index in [1.807, 2.05) is 29.8 Å². The van der Waals surface area contributed by atoms with Gasteiger partial charge in [-0.2, -0.15) is 4.39 Å². The molecule has 7 rings (SSSR count). The second-order valence-electron chi connectivity index (χ2n) is 11.4. The highest BCUT2D eigenvalue weighted by Crippen LogP contribution is 2.38. The van der Waals surface area contributed by atoms with Gasteiger partial charge in [0.1, 0.15) is 12.2 Å². The number of carbonyl (C=O) groups excluding carboxylic acids is 1. The second-order valence-corrected chi connectivity index (χ2v) is 11.4. The van der Waals surface area contributed by atoms with E-state index < -0.39 is 18.7 Å². The zero-order valence-corrected chi connectivity index (χ0v) is 23.4. The SMILES string of the molecule is Cn1c(-c2cc3cccc(/C=C/Cn4cnc(F)c4)c3n2CC2CC2)nc2cc3c(nc21)CCN(CC(N)CF)C3=O. The first-order valence-electron chi connectivity index (χ1n) is 14.3. The van der Waals surface area contributed by atoms with Crippen LogP contribution >= 0.6 is 0 Å². The van der Waals surface area contributed by atoms with Gasteiger partial charge < -0.3 is 24.3 Å². The molecule has 2 N–H and O–H groups in total. The lowest BCUT2D eigenvalue weighted by Gasteiger charge is -2.29. The quantitative estimate of drug-likeness (QED) is 0.284. The molecule has 1 unspecified atom stereocenters. The van der Waals surface area contributed by atoms with Gasteiger partial charge in [0, 0.05) is 45.0 Å². The molecule has 0 saturated heterocycles. The van der Waals surface area contributed by atoms with Crippen molar-refractivity contribution in [3.63, 3.8) is 0 Å². The smallest absolute Gasteiger partial charge is 0.255 e. The van der Waals surface area contributed by atoms with Gasteiger partial charge in [-0.25, -0.2) is 19.3 Å². The van der Waals surface area contributed by atoms with Crippen molar-refractivity contribution in [3.8, 4) is 11.5 Å². The third-order valence-electron chi connectivity index (χ3n) is 8.25. The number of aromatic nitrogens is 6. The van der Waals surface area contributed by atoms with Gasteiger partial charge in [0.15, 0.2) is 11.5 Å². The predicted octanol–water partition coefficient (Wildman–Crippen LogP) is 4.34. The molecule has 5 heterocycles. The average molecular weight is 571 g/mol. The molecule has 5 aromatic rings. The van der Waals surface area contributed by atoms with Crippen molar-refractivity contribution in [2.24, 2.45) is 18.7 Å². The Morgan fingerprint density at radius 1 is 1.21 bits per heavy atom. The van der Waals surface area contributed by atoms with Crippen LogP contribution < -0.4 is 5.73 Å². The fourth-order valence-corrected chi connectivity index (χ4v) is 5.93. The van der Waals surface area contributed by atoms with Gasteiger partial charge in [0.25, 0.3) is 5.91 Å². The first kappa shape index (κ1) is 26.5. The molecule has 4 aromatic heterocycles. The molecule has 216 valence electrons. The highest BCUT2D eigenvalue weighted by Gasteiger charge is 2.30. The molecule has 1 amide bonds. The molecule has 1 fully saturated rings. The Kier molecular flexibility index (Phi) is 6.61. The summed E-state index contributed by atoms with van der Waals surface area (Å²) >= 11 is 0. The number of amides is 1. The van der Waals surface area contributed by atoms with Gasteiger partial charge >= 0.3 is 0 Å². The summed E-state index contributed by atoms with van der Waals surface area (Å²) in [6, 6.07) is 9.54. The maximum absolute atomic E-state index is 13.3. The Morgan fingerprint density at radius 3 is 2.83 bits per heavy atom. The van der Waals surface area contributed by atoms with Gasteiger partial charge in [0.05, 0.1) is 41.0 Å². The highest BCUT2D eigenvalue weighted by atomic mass is 19.1. The number of fused-ring (bicyclic) bond motifs is 3. The molecular formula is C31H32F2N8O. The number of halogens is 2. The van der Waals surface area contributed by atoms with Crippen LogP contribution in [0.15, 0.2) is 48.9 Å². The van der Waals surface area contributed by atoms with Crippen LogP contribution in [-0.2, 0) is 26.6 Å². The minimum absolute atomic E-state index is 0.178. The van der Waals surface area contributed by atoms with Crippen molar-refractivity contribution in [1.82, 2.24) is 33.6 Å². The number of nitrogens with two attached hydrogens (primary N) is 1. The molecule has 9 nitrogen and oxygen atoms in total. The number of benzene rings is 1. The number of hydrogen-bond donors (Lipinski definition) is 1. The lowest BCUT2D eigenvalue weighted by Crippen LogP contribution is -2.45.